The summed E-state index contributed by atoms with van der Waals surface area (Å²) in [7, 11) is 0. The van der Waals surface area contributed by atoms with Gasteiger partial charge in [0.1, 0.15) is 12.2 Å². The van der Waals surface area contributed by atoms with Gasteiger partial charge in [-0.2, -0.15) is 0 Å². The Balaban J connectivity index is 1.24. The molecule has 0 radical (unpaired) electrons. The fourth-order valence-electron chi connectivity index (χ4n) is 8.04. The maximum absolute atomic E-state index is 14.4. The number of para-hydroxylation sites is 1. The minimum Gasteiger partial charge on any atom is -0.368 e. The number of carbonyl (C=O) groups excluding carboxylic acids is 2. The van der Waals surface area contributed by atoms with Crippen molar-refractivity contribution in [3.63, 3.8) is 0 Å². The average molecular weight is 570 g/mol. The molecule has 2 N–H and O–H groups in total. The summed E-state index contributed by atoms with van der Waals surface area (Å²) < 4.78 is 1.90. The summed E-state index contributed by atoms with van der Waals surface area (Å²) in [6.45, 7) is 11.1. The Morgan fingerprint density at radius 3 is 2.14 bits per heavy atom. The number of nitrogens with two attached hydrogens (primary N) is 1. The van der Waals surface area contributed by atoms with E-state index in [9.17, 15) is 9.59 Å². The van der Waals surface area contributed by atoms with E-state index in [1.165, 1.54) is 49.0 Å². The third-order valence-corrected chi connectivity index (χ3v) is 10.2. The molecule has 0 spiro atoms. The highest BCUT2D eigenvalue weighted by Crippen LogP contribution is 2.35. The van der Waals surface area contributed by atoms with Gasteiger partial charge in [-0.25, -0.2) is 0 Å². The molecule has 3 aliphatic heterocycles. The number of aryl methyl sites for hydroxylation is 2. The lowest BCUT2D eigenvalue weighted by Crippen LogP contribution is -2.48. The van der Waals surface area contributed by atoms with Crippen molar-refractivity contribution in [2.75, 3.05) is 39.3 Å². The number of piperidine rings is 3. The molecule has 0 saturated carbocycles. The first-order valence-corrected chi connectivity index (χ1v) is 16.1. The maximum Gasteiger partial charge on any atom is 0.270 e. The predicted octanol–water partition coefficient (Wildman–Crippen LogP) is 5.21. The van der Waals surface area contributed by atoms with Crippen LogP contribution in [0.3, 0.4) is 0 Å². The van der Waals surface area contributed by atoms with Gasteiger partial charge in [0, 0.05) is 42.1 Å². The SMILES string of the molecule is Cc1cccc(C)c1C1CCN(Cc2c(C(=O)N3CCC(N4CCCCC4)CC3)n(CC(N)=O)c3ccccc23)CC1. The van der Waals surface area contributed by atoms with Crippen LogP contribution in [0.15, 0.2) is 42.5 Å². The molecule has 3 saturated heterocycles. The molecule has 0 bridgehead atoms. The normalized spacial score (nSPS) is 19.9. The van der Waals surface area contributed by atoms with Crippen LogP contribution < -0.4 is 5.73 Å². The number of rotatable bonds is 7. The van der Waals surface area contributed by atoms with Crippen molar-refractivity contribution in [2.45, 2.75) is 83.8 Å². The zero-order valence-electron chi connectivity index (χ0n) is 25.5. The molecular weight excluding hydrogens is 522 g/mol. The van der Waals surface area contributed by atoms with Crippen molar-refractivity contribution in [3.8, 4) is 0 Å². The monoisotopic (exact) mass is 569 g/mol. The maximum atomic E-state index is 14.4. The van der Waals surface area contributed by atoms with Crippen molar-refractivity contribution in [1.82, 2.24) is 19.3 Å². The molecule has 2 amide bonds. The summed E-state index contributed by atoms with van der Waals surface area (Å²) in [6, 6.07) is 15.3. The van der Waals surface area contributed by atoms with E-state index in [4.69, 9.17) is 5.73 Å². The smallest absolute Gasteiger partial charge is 0.270 e. The van der Waals surface area contributed by atoms with Crippen LogP contribution in [-0.4, -0.2) is 76.4 Å². The van der Waals surface area contributed by atoms with Gasteiger partial charge in [-0.15, -0.1) is 0 Å². The Bertz CT molecular complexity index is 1400. The van der Waals surface area contributed by atoms with Crippen molar-refractivity contribution in [1.29, 1.82) is 0 Å². The first kappa shape index (κ1) is 28.9. The summed E-state index contributed by atoms with van der Waals surface area (Å²) >= 11 is 0. The molecule has 3 fully saturated rings. The van der Waals surface area contributed by atoms with E-state index in [2.05, 4.69) is 47.9 Å². The lowest BCUT2D eigenvalue weighted by Gasteiger charge is -2.40. The topological polar surface area (TPSA) is 74.8 Å². The van der Waals surface area contributed by atoms with Gasteiger partial charge in [0.2, 0.25) is 5.91 Å². The number of nitrogens with zero attached hydrogens (tertiary/aromatic N) is 4. The van der Waals surface area contributed by atoms with E-state index in [0.717, 1.165) is 68.3 Å². The van der Waals surface area contributed by atoms with Crippen LogP contribution in [0.1, 0.15) is 83.6 Å². The van der Waals surface area contributed by atoms with Crippen LogP contribution in [0.2, 0.25) is 0 Å². The van der Waals surface area contributed by atoms with Gasteiger partial charge in [0.05, 0.1) is 0 Å². The molecule has 3 aromatic rings. The van der Waals surface area contributed by atoms with Gasteiger partial charge in [-0.1, -0.05) is 42.8 Å². The first-order valence-electron chi connectivity index (χ1n) is 16.1. The van der Waals surface area contributed by atoms with Gasteiger partial charge >= 0.3 is 0 Å². The number of primary amides is 1. The lowest BCUT2D eigenvalue weighted by molar-refractivity contribution is -0.118. The molecular formula is C35H47N5O2. The molecule has 1 aromatic heterocycles. The first-order chi connectivity index (χ1) is 20.4. The Hall–Kier alpha value is -3.16. The van der Waals surface area contributed by atoms with E-state index in [-0.39, 0.29) is 12.5 Å². The molecule has 6 rings (SSSR count). The number of hydrogen-bond acceptors (Lipinski definition) is 4. The largest absolute Gasteiger partial charge is 0.368 e. The van der Waals surface area contributed by atoms with Gasteiger partial charge in [0.25, 0.3) is 5.91 Å². The van der Waals surface area contributed by atoms with Crippen LogP contribution in [0.4, 0.5) is 0 Å². The second-order valence-corrected chi connectivity index (χ2v) is 12.9. The number of aromatic nitrogens is 1. The quantitative estimate of drug-likeness (QED) is 0.424. The summed E-state index contributed by atoms with van der Waals surface area (Å²) in [5, 5.41) is 1.06. The number of likely N-dealkylation sites (tertiary alicyclic amines) is 3. The van der Waals surface area contributed by atoms with Crippen molar-refractivity contribution in [2.24, 2.45) is 5.73 Å². The highest BCUT2D eigenvalue weighted by molar-refractivity contribution is 6.02. The van der Waals surface area contributed by atoms with Crippen molar-refractivity contribution < 1.29 is 9.59 Å². The standard InChI is InChI=1S/C35H47N5O2/c1-25-9-8-10-26(2)33(25)27-13-19-37(20-14-27)23-30-29-11-4-5-12-31(29)40(24-32(36)41)34(30)35(42)39-21-15-28(16-22-39)38-17-6-3-7-18-38/h4-5,8-12,27-28H,3,6-7,13-24H2,1-2H3,(H2,36,41). The Morgan fingerprint density at radius 2 is 1.48 bits per heavy atom. The molecule has 0 unspecified atom stereocenters. The predicted molar refractivity (Wildman–Crippen MR) is 169 cm³/mol. The van der Waals surface area contributed by atoms with Gasteiger partial charge in [-0.3, -0.25) is 14.5 Å². The third kappa shape index (κ3) is 5.86. The minimum atomic E-state index is -0.422. The lowest BCUT2D eigenvalue weighted by atomic mass is 9.84. The van der Waals surface area contributed by atoms with Crippen LogP contribution in [0.25, 0.3) is 10.9 Å². The van der Waals surface area contributed by atoms with E-state index in [0.29, 0.717) is 24.2 Å². The third-order valence-electron chi connectivity index (χ3n) is 10.2. The van der Waals surface area contributed by atoms with Crippen LogP contribution in [0.5, 0.6) is 0 Å². The van der Waals surface area contributed by atoms with E-state index in [1.54, 1.807) is 0 Å². The summed E-state index contributed by atoms with van der Waals surface area (Å²) in [5.74, 6) is 0.195. The van der Waals surface area contributed by atoms with Gasteiger partial charge in [0.15, 0.2) is 0 Å². The van der Waals surface area contributed by atoms with Crippen molar-refractivity contribution in [3.05, 3.63) is 70.4 Å². The number of benzene rings is 2. The van der Waals surface area contributed by atoms with Gasteiger partial charge < -0.3 is 20.1 Å². The van der Waals surface area contributed by atoms with Crippen LogP contribution in [-0.2, 0) is 17.9 Å². The summed E-state index contributed by atoms with van der Waals surface area (Å²) in [6.07, 6.45) is 8.17. The Labute approximate surface area is 250 Å². The second-order valence-electron chi connectivity index (χ2n) is 12.9. The fourth-order valence-corrected chi connectivity index (χ4v) is 8.04. The number of fused-ring (bicyclic) bond motifs is 1. The van der Waals surface area contributed by atoms with E-state index >= 15 is 0 Å². The molecule has 224 valence electrons. The molecule has 3 aliphatic rings. The highest BCUT2D eigenvalue weighted by atomic mass is 16.2. The van der Waals surface area contributed by atoms with E-state index < -0.39 is 5.91 Å². The fraction of sp³-hybridized carbons (Fsp3) is 0.543. The molecule has 2 aromatic carbocycles. The Morgan fingerprint density at radius 1 is 0.810 bits per heavy atom. The number of amides is 2. The van der Waals surface area contributed by atoms with Crippen molar-refractivity contribution >= 4 is 22.7 Å². The van der Waals surface area contributed by atoms with Crippen LogP contribution in [0, 0.1) is 13.8 Å². The molecule has 7 nitrogen and oxygen atoms in total. The summed E-state index contributed by atoms with van der Waals surface area (Å²) in [4.78, 5) is 33.8. The number of hydrogen-bond donors (Lipinski definition) is 1. The Kier molecular flexibility index (Phi) is 8.68. The molecule has 7 heteroatoms. The average Bonchev–Trinajstić information content (AvgIpc) is 3.30. The number of carbonyl (C=O) groups is 2. The molecule has 42 heavy (non-hydrogen) atoms. The summed E-state index contributed by atoms with van der Waals surface area (Å²) in [5.41, 5.74) is 12.7. The minimum absolute atomic E-state index is 0.0143. The van der Waals surface area contributed by atoms with E-state index in [1.807, 2.05) is 27.7 Å². The molecule has 0 atom stereocenters. The molecule has 4 heterocycles. The second kappa shape index (κ2) is 12.6. The molecule has 0 aliphatic carbocycles. The van der Waals surface area contributed by atoms with Gasteiger partial charge in [-0.05, 0) is 107 Å². The zero-order valence-corrected chi connectivity index (χ0v) is 25.5. The van der Waals surface area contributed by atoms with Crippen LogP contribution >= 0.6 is 0 Å². The zero-order chi connectivity index (χ0) is 29.2. The highest BCUT2D eigenvalue weighted by Gasteiger charge is 2.33.